The van der Waals surface area contributed by atoms with Gasteiger partial charge < -0.3 is 4.90 Å². The molecule has 154 valence electrons. The molecule has 0 spiro atoms. The van der Waals surface area contributed by atoms with Crippen molar-refractivity contribution in [1.82, 2.24) is 4.90 Å². The summed E-state index contributed by atoms with van der Waals surface area (Å²) in [6.07, 6.45) is 4.12. The molecule has 1 saturated heterocycles. The number of hydrogen-bond acceptors (Lipinski definition) is 4. The van der Waals surface area contributed by atoms with Crippen LogP contribution in [-0.2, 0) is 11.3 Å². The van der Waals surface area contributed by atoms with Crippen molar-refractivity contribution in [3.63, 3.8) is 0 Å². The standard InChI is InChI=1S/C25H26N2O2S/c1-5-27-21-12-11-19(13-20(21)17(2)15-25(27,3)4)14-22-23(28)26(24(29)30-22)16-18-9-7-6-8-10-18/h6-15H,5,16H2,1-4H3/b22-14+. The number of imide groups is 1. The summed E-state index contributed by atoms with van der Waals surface area (Å²) < 4.78 is 0. The molecule has 0 N–H and O–H groups in total. The quantitative estimate of drug-likeness (QED) is 0.576. The minimum atomic E-state index is -0.227. The molecule has 4 nitrogen and oxygen atoms in total. The van der Waals surface area contributed by atoms with E-state index in [2.05, 4.69) is 50.8 Å². The van der Waals surface area contributed by atoms with E-state index in [0.717, 1.165) is 29.4 Å². The average Bonchev–Trinajstić information content (AvgIpc) is 2.96. The summed E-state index contributed by atoms with van der Waals surface area (Å²) in [4.78, 5) is 29.5. The molecule has 0 saturated carbocycles. The first-order valence-corrected chi connectivity index (χ1v) is 11.0. The Bertz CT molecular complexity index is 1070. The third kappa shape index (κ3) is 3.70. The Morgan fingerprint density at radius 3 is 2.50 bits per heavy atom. The molecule has 4 rings (SSSR count). The van der Waals surface area contributed by atoms with Crippen LogP contribution in [0.15, 0.2) is 59.5 Å². The monoisotopic (exact) mass is 418 g/mol. The molecule has 0 radical (unpaired) electrons. The Balaban J connectivity index is 1.62. The molecular formula is C25H26N2O2S. The van der Waals surface area contributed by atoms with Gasteiger partial charge in [-0.05, 0) is 74.4 Å². The zero-order chi connectivity index (χ0) is 21.5. The zero-order valence-corrected chi connectivity index (χ0v) is 18.6. The Labute approximate surface area is 182 Å². The van der Waals surface area contributed by atoms with E-state index in [-0.39, 0.29) is 16.7 Å². The molecule has 2 aliphatic heterocycles. The van der Waals surface area contributed by atoms with Crippen LogP contribution in [0.25, 0.3) is 11.6 Å². The molecule has 0 unspecified atom stereocenters. The summed E-state index contributed by atoms with van der Waals surface area (Å²) in [5.41, 5.74) is 5.45. The highest BCUT2D eigenvalue weighted by molar-refractivity contribution is 8.18. The summed E-state index contributed by atoms with van der Waals surface area (Å²) in [6, 6.07) is 15.9. The second kappa shape index (κ2) is 7.80. The van der Waals surface area contributed by atoms with Crippen LogP contribution in [0.5, 0.6) is 0 Å². The Morgan fingerprint density at radius 1 is 1.07 bits per heavy atom. The number of rotatable bonds is 4. The van der Waals surface area contributed by atoms with E-state index in [1.54, 1.807) is 0 Å². The van der Waals surface area contributed by atoms with Gasteiger partial charge in [0.15, 0.2) is 0 Å². The Kier molecular flexibility index (Phi) is 5.33. The predicted molar refractivity (Wildman–Crippen MR) is 125 cm³/mol. The van der Waals surface area contributed by atoms with Crippen LogP contribution in [0.2, 0.25) is 0 Å². The molecular weight excluding hydrogens is 392 g/mol. The topological polar surface area (TPSA) is 40.6 Å². The fourth-order valence-electron chi connectivity index (χ4n) is 4.32. The van der Waals surface area contributed by atoms with Crippen LogP contribution in [0.4, 0.5) is 10.5 Å². The van der Waals surface area contributed by atoms with Gasteiger partial charge in [0.25, 0.3) is 11.1 Å². The minimum absolute atomic E-state index is 0.0343. The Morgan fingerprint density at radius 2 is 1.80 bits per heavy atom. The maximum absolute atomic E-state index is 12.9. The largest absolute Gasteiger partial charge is 0.363 e. The van der Waals surface area contributed by atoms with Gasteiger partial charge in [0.2, 0.25) is 0 Å². The second-order valence-electron chi connectivity index (χ2n) is 8.26. The van der Waals surface area contributed by atoms with E-state index in [4.69, 9.17) is 0 Å². The van der Waals surface area contributed by atoms with E-state index in [0.29, 0.717) is 11.4 Å². The highest BCUT2D eigenvalue weighted by atomic mass is 32.2. The molecule has 0 aliphatic carbocycles. The molecule has 0 aromatic heterocycles. The third-order valence-electron chi connectivity index (χ3n) is 5.67. The van der Waals surface area contributed by atoms with Crippen molar-refractivity contribution in [2.75, 3.05) is 11.4 Å². The van der Waals surface area contributed by atoms with Crippen LogP contribution in [0, 0.1) is 0 Å². The molecule has 2 aromatic rings. The van der Waals surface area contributed by atoms with Gasteiger partial charge in [-0.25, -0.2) is 0 Å². The molecule has 1 fully saturated rings. The molecule has 5 heteroatoms. The van der Waals surface area contributed by atoms with Crippen LogP contribution >= 0.6 is 11.8 Å². The number of anilines is 1. The van der Waals surface area contributed by atoms with Crippen LogP contribution in [0.1, 0.15) is 44.4 Å². The first-order chi connectivity index (χ1) is 14.3. The summed E-state index contributed by atoms with van der Waals surface area (Å²) in [5, 5.41) is -0.219. The molecule has 2 heterocycles. The summed E-state index contributed by atoms with van der Waals surface area (Å²) in [5.74, 6) is -0.227. The van der Waals surface area contributed by atoms with E-state index in [9.17, 15) is 9.59 Å². The summed E-state index contributed by atoms with van der Waals surface area (Å²) >= 11 is 1.01. The fraction of sp³-hybridized carbons (Fsp3) is 0.280. The van der Waals surface area contributed by atoms with E-state index >= 15 is 0 Å². The number of allylic oxidation sites excluding steroid dienone is 1. The number of hydrogen-bond donors (Lipinski definition) is 0. The predicted octanol–water partition coefficient (Wildman–Crippen LogP) is 5.94. The number of nitrogens with zero attached hydrogens (tertiary/aromatic N) is 2. The molecule has 0 bridgehead atoms. The Hall–Kier alpha value is -2.79. The first-order valence-electron chi connectivity index (χ1n) is 10.2. The minimum Gasteiger partial charge on any atom is -0.363 e. The fourth-order valence-corrected chi connectivity index (χ4v) is 5.16. The number of fused-ring (bicyclic) bond motifs is 1. The number of thioether (sulfide) groups is 1. The van der Waals surface area contributed by atoms with Crippen molar-refractivity contribution < 1.29 is 9.59 Å². The number of benzene rings is 2. The van der Waals surface area contributed by atoms with Crippen molar-refractivity contribution in [3.05, 3.63) is 76.2 Å². The molecule has 30 heavy (non-hydrogen) atoms. The van der Waals surface area contributed by atoms with Gasteiger partial charge in [0.05, 0.1) is 17.0 Å². The van der Waals surface area contributed by atoms with E-state index < -0.39 is 0 Å². The normalized spacial score (nSPS) is 19.3. The SMILES string of the molecule is CCN1c2ccc(/C=C3/SC(=O)N(Cc4ccccc4)C3=O)cc2C(C)=CC1(C)C. The van der Waals surface area contributed by atoms with Gasteiger partial charge in [0.1, 0.15) is 0 Å². The highest BCUT2D eigenvalue weighted by Crippen LogP contribution is 2.40. The van der Waals surface area contributed by atoms with Gasteiger partial charge in [-0.15, -0.1) is 0 Å². The lowest BCUT2D eigenvalue weighted by Gasteiger charge is -2.42. The lowest BCUT2D eigenvalue weighted by atomic mass is 9.88. The maximum atomic E-state index is 12.9. The maximum Gasteiger partial charge on any atom is 0.293 e. The van der Waals surface area contributed by atoms with Gasteiger partial charge in [-0.3, -0.25) is 14.5 Å². The molecule has 2 amide bonds. The van der Waals surface area contributed by atoms with Gasteiger partial charge in [0, 0.05) is 17.8 Å². The molecule has 2 aliphatic rings. The number of likely N-dealkylation sites (N-methyl/N-ethyl adjacent to an activating group) is 1. The smallest absolute Gasteiger partial charge is 0.293 e. The first kappa shape index (κ1) is 20.5. The molecule has 0 atom stereocenters. The third-order valence-corrected chi connectivity index (χ3v) is 6.58. The summed E-state index contributed by atoms with van der Waals surface area (Å²) in [6.45, 7) is 9.96. The zero-order valence-electron chi connectivity index (χ0n) is 17.8. The van der Waals surface area contributed by atoms with Crippen LogP contribution in [0.3, 0.4) is 0 Å². The lowest BCUT2D eigenvalue weighted by Crippen LogP contribution is -2.44. The number of carbonyl (C=O) groups excluding carboxylic acids is 2. The average molecular weight is 419 g/mol. The van der Waals surface area contributed by atoms with Crippen molar-refractivity contribution in [2.45, 2.75) is 39.8 Å². The van der Waals surface area contributed by atoms with E-state index in [1.807, 2.05) is 42.5 Å². The van der Waals surface area contributed by atoms with Crippen molar-refractivity contribution in [2.24, 2.45) is 0 Å². The van der Waals surface area contributed by atoms with Crippen molar-refractivity contribution in [1.29, 1.82) is 0 Å². The highest BCUT2D eigenvalue weighted by Gasteiger charge is 2.35. The van der Waals surface area contributed by atoms with Crippen molar-refractivity contribution >= 4 is 40.2 Å². The number of amides is 2. The van der Waals surface area contributed by atoms with Gasteiger partial charge in [-0.1, -0.05) is 42.5 Å². The van der Waals surface area contributed by atoms with Crippen LogP contribution in [-0.4, -0.2) is 28.1 Å². The molecule has 2 aromatic carbocycles. The second-order valence-corrected chi connectivity index (χ2v) is 9.25. The van der Waals surface area contributed by atoms with Crippen LogP contribution < -0.4 is 4.90 Å². The van der Waals surface area contributed by atoms with Crippen molar-refractivity contribution in [3.8, 4) is 0 Å². The van der Waals surface area contributed by atoms with E-state index in [1.165, 1.54) is 21.7 Å². The summed E-state index contributed by atoms with van der Waals surface area (Å²) in [7, 11) is 0. The lowest BCUT2D eigenvalue weighted by molar-refractivity contribution is -0.123. The van der Waals surface area contributed by atoms with Gasteiger partial charge >= 0.3 is 0 Å². The van der Waals surface area contributed by atoms with Gasteiger partial charge in [-0.2, -0.15) is 0 Å². The number of carbonyl (C=O) groups is 2.